The van der Waals surface area contributed by atoms with Crippen LogP contribution in [0.3, 0.4) is 0 Å². The molecule has 1 atom stereocenters. The van der Waals surface area contributed by atoms with Gasteiger partial charge in [0.2, 0.25) is 0 Å². The maximum atomic E-state index is 12.9. The molecule has 0 radical (unpaired) electrons. The number of anilines is 1. The standard InChI is InChI=1S/C19H18F3N5O2S.C19H27N3O2.C5H4F3NS.C2H6/c1-2-27-15(24-12-6-4-3-5-7-12)11(9-23)8-13(17(27)29)25-16(28)14-10-30-18(26-14)19(20,21)22;1-3-16(19(23)20(2)17-7-5-4-6-8-17)13-21-9-11-22(12-10-21)18-14-24-15-18;1-3-2-10-4(9-3)5(6,7)8;1-2/h3-7,9-10,13H,2,8,23H2,1H3,(H,25,28);3-8,18H,9-15H2,1-2H3;2H,1H3;1-2H3/b11-9-,24-15?;16-3-;;. The molecule has 4 aromatic rings. The highest BCUT2D eigenvalue weighted by Crippen LogP contribution is 2.33. The number of likely N-dealkylation sites (N-methyl/N-ethyl adjacent to an activating group) is 2. The number of carbonyl (C=O) groups is 3. The Balaban J connectivity index is 0.000000235. The molecule has 2 aromatic carbocycles. The lowest BCUT2D eigenvalue weighted by atomic mass is 9.98. The molecule has 7 rings (SSSR count). The summed E-state index contributed by atoms with van der Waals surface area (Å²) >= 11 is 0.937. The average Bonchev–Trinajstić information content (AvgIpc) is 3.99. The quantitative estimate of drug-likeness (QED) is 0.125. The van der Waals surface area contributed by atoms with Gasteiger partial charge in [-0.3, -0.25) is 29.1 Å². The minimum Gasteiger partial charge on any atom is -0.404 e. The van der Waals surface area contributed by atoms with Crippen LogP contribution in [0, 0.1) is 6.92 Å². The van der Waals surface area contributed by atoms with Crippen LogP contribution in [0.5, 0.6) is 0 Å². The number of amides is 3. The fourth-order valence-electron chi connectivity index (χ4n) is 6.64. The Morgan fingerprint density at radius 1 is 0.924 bits per heavy atom. The first-order valence-electron chi connectivity index (χ1n) is 21.1. The van der Waals surface area contributed by atoms with Gasteiger partial charge in [-0.1, -0.05) is 56.3 Å². The second-order valence-electron chi connectivity index (χ2n) is 14.6. The fraction of sp³-hybridized carbons (Fsp3) is 0.422. The van der Waals surface area contributed by atoms with Gasteiger partial charge in [0.1, 0.15) is 17.6 Å². The maximum Gasteiger partial charge on any atom is 0.443 e. The molecule has 21 heteroatoms. The number of piperazine rings is 1. The van der Waals surface area contributed by atoms with Gasteiger partial charge in [-0.15, -0.1) is 22.7 Å². The number of likely N-dealkylation sites (tertiary alicyclic amines) is 1. The first-order chi connectivity index (χ1) is 31.4. The molecular formula is C45H55F6N9O4S2. The number of halogens is 6. The number of hydrogen-bond acceptors (Lipinski definition) is 12. The molecule has 3 N–H and O–H groups in total. The van der Waals surface area contributed by atoms with Gasteiger partial charge in [-0.05, 0) is 45.0 Å². The van der Waals surface area contributed by atoms with Crippen LogP contribution in [0.2, 0.25) is 0 Å². The van der Waals surface area contributed by atoms with Gasteiger partial charge in [-0.25, -0.2) is 15.0 Å². The molecule has 5 heterocycles. The number of alkyl halides is 6. The number of aromatic nitrogens is 2. The smallest absolute Gasteiger partial charge is 0.404 e. The summed E-state index contributed by atoms with van der Waals surface area (Å²) in [7, 11) is 1.84. The lowest BCUT2D eigenvalue weighted by Crippen LogP contribution is -2.56. The molecule has 3 aliphatic rings. The molecule has 358 valence electrons. The van der Waals surface area contributed by atoms with E-state index in [4.69, 9.17) is 10.5 Å². The van der Waals surface area contributed by atoms with E-state index in [0.29, 0.717) is 51.5 Å². The van der Waals surface area contributed by atoms with Crippen molar-refractivity contribution in [2.24, 2.45) is 10.7 Å². The Kier molecular flexibility index (Phi) is 20.0. The highest BCUT2D eigenvalue weighted by molar-refractivity contribution is 7.10. The van der Waals surface area contributed by atoms with Gasteiger partial charge < -0.3 is 20.7 Å². The van der Waals surface area contributed by atoms with Crippen LogP contribution in [0.15, 0.2) is 99.8 Å². The SMILES string of the molecule is C/C=C(/CN1CCN(C2COC2)CC1)C(=O)N(C)c1ccccc1.CC.CCN1C(=O)C(NC(=O)c2csc(C(F)(F)F)n2)C/C(=C/N)C1=Nc1ccccc1.Cc1csc(C(F)(F)F)n1. The number of aryl methyl sites for hydroxylation is 1. The summed E-state index contributed by atoms with van der Waals surface area (Å²) in [5.74, 6) is -0.846. The van der Waals surface area contributed by atoms with Crippen LogP contribution in [0.4, 0.5) is 37.7 Å². The zero-order chi connectivity index (χ0) is 48.6. The maximum absolute atomic E-state index is 12.9. The largest absolute Gasteiger partial charge is 0.443 e. The van der Waals surface area contributed by atoms with E-state index in [-0.39, 0.29) is 18.9 Å². The van der Waals surface area contributed by atoms with Crippen LogP contribution < -0.4 is 16.0 Å². The summed E-state index contributed by atoms with van der Waals surface area (Å²) < 4.78 is 78.7. The normalized spacial score (nSPS) is 18.5. The van der Waals surface area contributed by atoms with Crippen molar-refractivity contribution in [1.29, 1.82) is 0 Å². The van der Waals surface area contributed by atoms with E-state index in [1.54, 1.807) is 36.1 Å². The van der Waals surface area contributed by atoms with Crippen molar-refractivity contribution in [2.75, 3.05) is 64.4 Å². The lowest BCUT2D eigenvalue weighted by molar-refractivity contribution is -0.138. The Morgan fingerprint density at radius 2 is 1.50 bits per heavy atom. The predicted molar refractivity (Wildman–Crippen MR) is 246 cm³/mol. The highest BCUT2D eigenvalue weighted by atomic mass is 32.1. The summed E-state index contributed by atoms with van der Waals surface area (Å²) in [6.45, 7) is 16.1. The highest BCUT2D eigenvalue weighted by Gasteiger charge is 2.39. The van der Waals surface area contributed by atoms with Crippen LogP contribution in [-0.4, -0.2) is 120 Å². The Hall–Kier alpha value is -5.48. The van der Waals surface area contributed by atoms with E-state index in [2.05, 4.69) is 30.1 Å². The Morgan fingerprint density at radius 3 is 1.97 bits per heavy atom. The molecule has 0 aliphatic carbocycles. The second-order valence-corrected chi connectivity index (χ2v) is 16.3. The van der Waals surface area contributed by atoms with E-state index < -0.39 is 45.9 Å². The zero-order valence-corrected chi connectivity index (χ0v) is 39.2. The number of ether oxygens (including phenoxy) is 1. The molecule has 3 aliphatic heterocycles. The van der Waals surface area contributed by atoms with Crippen LogP contribution in [-0.2, 0) is 26.7 Å². The van der Waals surface area contributed by atoms with E-state index in [0.717, 1.165) is 62.6 Å². The molecular weight excluding hydrogens is 909 g/mol. The van der Waals surface area contributed by atoms with Gasteiger partial charge in [0.15, 0.2) is 10.0 Å². The monoisotopic (exact) mass is 963 g/mol. The fourth-order valence-corrected chi connectivity index (χ4v) is 7.97. The molecule has 66 heavy (non-hydrogen) atoms. The summed E-state index contributed by atoms with van der Waals surface area (Å²) in [6.07, 6.45) is -5.60. The minimum absolute atomic E-state index is 0.0551. The van der Waals surface area contributed by atoms with E-state index in [1.165, 1.54) is 23.4 Å². The van der Waals surface area contributed by atoms with E-state index >= 15 is 0 Å². The van der Waals surface area contributed by atoms with Crippen molar-refractivity contribution >= 4 is 57.6 Å². The zero-order valence-electron chi connectivity index (χ0n) is 37.5. The Labute approximate surface area is 388 Å². The average molecular weight is 964 g/mol. The number of aliphatic imine (C=N–C) groups is 1. The number of rotatable bonds is 9. The number of nitrogens with two attached hydrogens (primary N) is 1. The Bertz CT molecular complexity index is 2270. The van der Waals surface area contributed by atoms with Crippen molar-refractivity contribution in [3.8, 4) is 0 Å². The van der Waals surface area contributed by atoms with Gasteiger partial charge in [-0.2, -0.15) is 26.3 Å². The summed E-state index contributed by atoms with van der Waals surface area (Å²) in [5, 5.41) is 2.94. The molecule has 0 bridgehead atoms. The van der Waals surface area contributed by atoms with Crippen LogP contribution in [0.25, 0.3) is 0 Å². The number of piperidine rings is 1. The molecule has 13 nitrogen and oxygen atoms in total. The van der Waals surface area contributed by atoms with Gasteiger partial charge in [0.25, 0.3) is 17.7 Å². The number of para-hydroxylation sites is 2. The number of benzene rings is 2. The molecule has 1 unspecified atom stereocenters. The van der Waals surface area contributed by atoms with Crippen molar-refractivity contribution in [2.45, 2.75) is 65.5 Å². The number of amidine groups is 1. The van der Waals surface area contributed by atoms with Crippen molar-refractivity contribution in [1.82, 2.24) is 30.0 Å². The molecule has 3 saturated heterocycles. The first-order valence-corrected chi connectivity index (χ1v) is 22.9. The number of carbonyl (C=O) groups excluding carboxylic acids is 3. The van der Waals surface area contributed by atoms with E-state index in [1.807, 2.05) is 70.3 Å². The van der Waals surface area contributed by atoms with Crippen molar-refractivity contribution < 1.29 is 45.5 Å². The second kappa shape index (κ2) is 24.9. The van der Waals surface area contributed by atoms with Gasteiger partial charge in [0, 0.05) is 92.2 Å². The number of allylic oxidation sites excluding steroid dienone is 1. The molecule has 3 amide bonds. The third kappa shape index (κ3) is 14.8. The van der Waals surface area contributed by atoms with Gasteiger partial charge >= 0.3 is 12.4 Å². The summed E-state index contributed by atoms with van der Waals surface area (Å²) in [4.78, 5) is 57.2. The number of nitrogens with one attached hydrogen (secondary N) is 1. The van der Waals surface area contributed by atoms with Crippen molar-refractivity contribution in [3.05, 3.63) is 116 Å². The topological polar surface area (TPSA) is 150 Å². The number of hydrogen-bond donors (Lipinski definition) is 2. The molecule has 2 aromatic heterocycles. The van der Waals surface area contributed by atoms with Crippen molar-refractivity contribution in [3.63, 3.8) is 0 Å². The van der Waals surface area contributed by atoms with Crippen LogP contribution >= 0.6 is 22.7 Å². The summed E-state index contributed by atoms with van der Waals surface area (Å²) in [5.41, 5.74) is 8.70. The predicted octanol–water partition coefficient (Wildman–Crippen LogP) is 8.19. The number of nitrogens with zero attached hydrogens (tertiary/aromatic N) is 7. The first kappa shape index (κ1) is 53.1. The third-order valence-electron chi connectivity index (χ3n) is 10.2. The third-order valence-corrected chi connectivity index (χ3v) is 12.1. The van der Waals surface area contributed by atoms with Gasteiger partial charge in [0.05, 0.1) is 24.9 Å². The van der Waals surface area contributed by atoms with E-state index in [9.17, 15) is 40.7 Å². The minimum atomic E-state index is -4.64. The molecule has 0 spiro atoms. The molecule has 0 saturated carbocycles. The molecule has 3 fully saturated rings. The number of thiazole rings is 2. The summed E-state index contributed by atoms with van der Waals surface area (Å²) in [6, 6.07) is 18.4. The lowest BCUT2D eigenvalue weighted by Gasteiger charge is -2.42. The van der Waals surface area contributed by atoms with Crippen LogP contribution in [0.1, 0.15) is 60.3 Å².